The number of primary amides is 1. The van der Waals surface area contributed by atoms with Gasteiger partial charge in [-0.15, -0.1) is 0 Å². The highest BCUT2D eigenvalue weighted by atomic mass is 16.1. The smallest absolute Gasteiger partial charge is 0.222 e. The van der Waals surface area contributed by atoms with Crippen molar-refractivity contribution in [2.45, 2.75) is 38.6 Å². The van der Waals surface area contributed by atoms with Crippen molar-refractivity contribution in [3.05, 3.63) is 41.5 Å². The number of carbonyl (C=O) groups is 1. The van der Waals surface area contributed by atoms with Crippen molar-refractivity contribution in [3.63, 3.8) is 0 Å². The van der Waals surface area contributed by atoms with Crippen LogP contribution in [0.1, 0.15) is 37.3 Å². The van der Waals surface area contributed by atoms with E-state index in [2.05, 4.69) is 11.4 Å². The average molecular weight is 347 g/mol. The number of nitrogens with one attached hydrogen (secondary N) is 1. The van der Waals surface area contributed by atoms with Gasteiger partial charge in [0.05, 0.1) is 22.5 Å². The van der Waals surface area contributed by atoms with E-state index in [1.165, 1.54) is 0 Å². The standard InChI is InChI=1S/C20H21N5O/c1-2-12-10-18(23-15-8-5-6-13(15)19(22)26)25-17-9-4-3-7-16(17)24-20(25)14(12)11-21/h3-4,7,9-10,13,15,23H,2,5-6,8H2,1H3,(H2,22,26). The molecule has 0 aliphatic heterocycles. The van der Waals surface area contributed by atoms with E-state index in [4.69, 9.17) is 10.7 Å². The molecule has 0 radical (unpaired) electrons. The zero-order chi connectivity index (χ0) is 18.3. The number of fused-ring (bicyclic) bond motifs is 3. The molecule has 4 rings (SSSR count). The van der Waals surface area contributed by atoms with Crippen molar-refractivity contribution < 1.29 is 4.79 Å². The maximum absolute atomic E-state index is 11.8. The molecule has 26 heavy (non-hydrogen) atoms. The molecule has 132 valence electrons. The normalized spacial score (nSPS) is 19.7. The maximum Gasteiger partial charge on any atom is 0.222 e. The molecule has 2 aromatic heterocycles. The van der Waals surface area contributed by atoms with Crippen molar-refractivity contribution in [2.24, 2.45) is 11.7 Å². The third kappa shape index (κ3) is 2.48. The van der Waals surface area contributed by atoms with Crippen LogP contribution in [0.3, 0.4) is 0 Å². The van der Waals surface area contributed by atoms with Gasteiger partial charge in [-0.05, 0) is 43.0 Å². The average Bonchev–Trinajstić information content (AvgIpc) is 3.25. The number of amides is 1. The van der Waals surface area contributed by atoms with Crippen molar-refractivity contribution in [1.82, 2.24) is 9.38 Å². The Labute approximate surface area is 151 Å². The van der Waals surface area contributed by atoms with Crippen LogP contribution in [-0.2, 0) is 11.2 Å². The first kappa shape index (κ1) is 16.4. The molecule has 2 unspecified atom stereocenters. The third-order valence-corrected chi connectivity index (χ3v) is 5.36. The monoisotopic (exact) mass is 347 g/mol. The summed E-state index contributed by atoms with van der Waals surface area (Å²) in [5.41, 5.74) is 9.58. The Morgan fingerprint density at radius 1 is 1.42 bits per heavy atom. The van der Waals surface area contributed by atoms with Gasteiger partial charge < -0.3 is 11.1 Å². The van der Waals surface area contributed by atoms with Crippen LogP contribution in [0.2, 0.25) is 0 Å². The Morgan fingerprint density at radius 2 is 2.23 bits per heavy atom. The van der Waals surface area contributed by atoms with Gasteiger partial charge in [0.1, 0.15) is 11.9 Å². The molecule has 1 saturated carbocycles. The lowest BCUT2D eigenvalue weighted by Crippen LogP contribution is -2.34. The van der Waals surface area contributed by atoms with Crippen LogP contribution in [0.4, 0.5) is 5.82 Å². The largest absolute Gasteiger partial charge is 0.369 e. The van der Waals surface area contributed by atoms with E-state index in [1.807, 2.05) is 41.7 Å². The number of para-hydroxylation sites is 2. The van der Waals surface area contributed by atoms with E-state index in [9.17, 15) is 10.1 Å². The van der Waals surface area contributed by atoms with E-state index in [-0.39, 0.29) is 17.9 Å². The number of carbonyl (C=O) groups excluding carboxylic acids is 1. The molecule has 0 bridgehead atoms. The Balaban J connectivity index is 1.93. The molecule has 1 aromatic carbocycles. The molecule has 2 atom stereocenters. The second-order valence-electron chi connectivity index (χ2n) is 6.85. The van der Waals surface area contributed by atoms with Crippen LogP contribution in [0.15, 0.2) is 30.3 Å². The number of hydrogen-bond donors (Lipinski definition) is 2. The Hall–Kier alpha value is -3.07. The lowest BCUT2D eigenvalue weighted by atomic mass is 10.0. The van der Waals surface area contributed by atoms with Crippen molar-refractivity contribution >= 4 is 28.4 Å². The quantitative estimate of drug-likeness (QED) is 0.758. The summed E-state index contributed by atoms with van der Waals surface area (Å²) < 4.78 is 1.99. The summed E-state index contributed by atoms with van der Waals surface area (Å²) >= 11 is 0. The fourth-order valence-corrected chi connectivity index (χ4v) is 4.05. The summed E-state index contributed by atoms with van der Waals surface area (Å²) in [6, 6.07) is 12.2. The first-order valence-electron chi connectivity index (χ1n) is 9.03. The second kappa shape index (κ2) is 6.34. The highest BCUT2D eigenvalue weighted by molar-refractivity contribution is 5.85. The first-order valence-corrected chi connectivity index (χ1v) is 9.03. The molecule has 0 saturated heterocycles. The van der Waals surface area contributed by atoms with Gasteiger partial charge in [-0.3, -0.25) is 9.20 Å². The van der Waals surface area contributed by atoms with Crippen LogP contribution in [-0.4, -0.2) is 21.3 Å². The van der Waals surface area contributed by atoms with Crippen LogP contribution in [0, 0.1) is 17.2 Å². The number of anilines is 1. The molecular weight excluding hydrogens is 326 g/mol. The van der Waals surface area contributed by atoms with Gasteiger partial charge >= 0.3 is 0 Å². The summed E-state index contributed by atoms with van der Waals surface area (Å²) in [5, 5.41) is 13.2. The summed E-state index contributed by atoms with van der Waals surface area (Å²) in [6.07, 6.45) is 3.44. The predicted molar refractivity (Wildman–Crippen MR) is 101 cm³/mol. The highest BCUT2D eigenvalue weighted by Gasteiger charge is 2.32. The minimum atomic E-state index is -0.254. The number of aromatic nitrogens is 2. The zero-order valence-corrected chi connectivity index (χ0v) is 14.7. The van der Waals surface area contributed by atoms with Crippen LogP contribution in [0.5, 0.6) is 0 Å². The Bertz CT molecular complexity index is 1050. The fourth-order valence-electron chi connectivity index (χ4n) is 4.05. The molecule has 6 nitrogen and oxygen atoms in total. The summed E-state index contributed by atoms with van der Waals surface area (Å²) in [7, 11) is 0. The lowest BCUT2D eigenvalue weighted by Gasteiger charge is -2.21. The lowest BCUT2D eigenvalue weighted by molar-refractivity contribution is -0.121. The summed E-state index contributed by atoms with van der Waals surface area (Å²) in [6.45, 7) is 2.03. The fraction of sp³-hybridized carbons (Fsp3) is 0.350. The Morgan fingerprint density at radius 3 is 2.96 bits per heavy atom. The van der Waals surface area contributed by atoms with Crippen molar-refractivity contribution in [3.8, 4) is 6.07 Å². The van der Waals surface area contributed by atoms with E-state index < -0.39 is 0 Å². The van der Waals surface area contributed by atoms with Crippen LogP contribution < -0.4 is 11.1 Å². The SMILES string of the molecule is CCc1cc(NC2CCCC2C(N)=O)n2c(nc3ccccc32)c1C#N. The summed E-state index contributed by atoms with van der Waals surface area (Å²) in [4.78, 5) is 16.5. The number of nitriles is 1. The number of hydrogen-bond acceptors (Lipinski definition) is 4. The number of nitrogens with two attached hydrogens (primary N) is 1. The number of pyridine rings is 1. The molecule has 2 heterocycles. The minimum Gasteiger partial charge on any atom is -0.369 e. The molecule has 3 N–H and O–H groups in total. The predicted octanol–water partition coefficient (Wildman–Crippen LogP) is 2.99. The molecule has 0 spiro atoms. The Kier molecular flexibility index (Phi) is 4.00. The van der Waals surface area contributed by atoms with E-state index in [0.29, 0.717) is 11.2 Å². The number of rotatable bonds is 4. The number of nitrogens with zero attached hydrogens (tertiary/aromatic N) is 3. The third-order valence-electron chi connectivity index (χ3n) is 5.36. The van der Waals surface area contributed by atoms with Gasteiger partial charge in [-0.25, -0.2) is 4.98 Å². The number of imidazole rings is 1. The highest BCUT2D eigenvalue weighted by Crippen LogP contribution is 2.32. The number of benzene rings is 1. The molecular formula is C20H21N5O. The van der Waals surface area contributed by atoms with Crippen LogP contribution in [0.25, 0.3) is 16.7 Å². The molecule has 1 aliphatic rings. The molecule has 1 amide bonds. The van der Waals surface area contributed by atoms with Gasteiger partial charge in [-0.1, -0.05) is 25.5 Å². The maximum atomic E-state index is 11.8. The second-order valence-corrected chi connectivity index (χ2v) is 6.85. The molecule has 6 heteroatoms. The van der Waals surface area contributed by atoms with Crippen molar-refractivity contribution in [2.75, 3.05) is 5.32 Å². The van der Waals surface area contributed by atoms with E-state index in [1.54, 1.807) is 0 Å². The summed E-state index contributed by atoms with van der Waals surface area (Å²) in [5.74, 6) is 0.444. The van der Waals surface area contributed by atoms with E-state index >= 15 is 0 Å². The number of aryl methyl sites for hydroxylation is 1. The van der Waals surface area contributed by atoms with Crippen molar-refractivity contribution in [1.29, 1.82) is 5.26 Å². The molecule has 3 aromatic rings. The van der Waals surface area contributed by atoms with Gasteiger partial charge in [0.15, 0.2) is 5.65 Å². The first-order chi connectivity index (χ1) is 12.6. The molecule has 1 aliphatic carbocycles. The van der Waals surface area contributed by atoms with Gasteiger partial charge in [0.2, 0.25) is 5.91 Å². The molecule has 1 fully saturated rings. The van der Waals surface area contributed by atoms with E-state index in [0.717, 1.165) is 48.1 Å². The van der Waals surface area contributed by atoms with Gasteiger partial charge in [-0.2, -0.15) is 5.26 Å². The van der Waals surface area contributed by atoms with Gasteiger partial charge in [0, 0.05) is 6.04 Å². The zero-order valence-electron chi connectivity index (χ0n) is 14.7. The van der Waals surface area contributed by atoms with Gasteiger partial charge in [0.25, 0.3) is 0 Å². The minimum absolute atomic E-state index is 0.00880. The van der Waals surface area contributed by atoms with Crippen LogP contribution >= 0.6 is 0 Å². The topological polar surface area (TPSA) is 96.2 Å².